The molecule has 0 atom stereocenters. The van der Waals surface area contributed by atoms with Crippen molar-refractivity contribution in [1.82, 2.24) is 0 Å². The summed E-state index contributed by atoms with van der Waals surface area (Å²) in [6, 6.07) is 9.44. The molecule has 2 N–H and O–H groups in total. The molecule has 2 aromatic carbocycles. The van der Waals surface area contributed by atoms with Crippen molar-refractivity contribution in [3.63, 3.8) is 0 Å². The second-order valence-electron chi connectivity index (χ2n) is 7.35. The number of anilines is 1. The maximum Gasteiger partial charge on any atom is 0.397 e. The van der Waals surface area contributed by atoms with Crippen molar-refractivity contribution in [2.75, 3.05) is 18.2 Å². The Balaban J connectivity index is 1.86. The number of ether oxygens (including phenoxy) is 2. The van der Waals surface area contributed by atoms with E-state index in [9.17, 15) is 22.8 Å². The van der Waals surface area contributed by atoms with Crippen LogP contribution >= 0.6 is 11.8 Å². The molecule has 3 rings (SSSR count). The Bertz CT molecular complexity index is 992. The van der Waals surface area contributed by atoms with Crippen molar-refractivity contribution in [2.45, 2.75) is 31.2 Å². The number of thioether (sulfide) groups is 1. The topological polar surface area (TPSA) is 84.9 Å². The molecule has 32 heavy (non-hydrogen) atoms. The zero-order valence-electron chi connectivity index (χ0n) is 17.2. The van der Waals surface area contributed by atoms with Crippen molar-refractivity contribution in [2.24, 2.45) is 5.92 Å². The molecule has 0 heterocycles. The first-order valence-electron chi connectivity index (χ1n) is 9.79. The van der Waals surface area contributed by atoms with Crippen molar-refractivity contribution < 1.29 is 37.3 Å². The molecule has 0 spiro atoms. The van der Waals surface area contributed by atoms with Crippen LogP contribution in [0.4, 0.5) is 18.9 Å². The Morgan fingerprint density at radius 1 is 1.12 bits per heavy atom. The predicted molar refractivity (Wildman–Crippen MR) is 114 cm³/mol. The summed E-state index contributed by atoms with van der Waals surface area (Å²) in [5, 5.41) is 11.8. The van der Waals surface area contributed by atoms with Crippen LogP contribution in [-0.2, 0) is 21.8 Å². The van der Waals surface area contributed by atoms with E-state index in [1.165, 1.54) is 13.2 Å². The zero-order valence-corrected chi connectivity index (χ0v) is 18.0. The molecule has 10 heteroatoms. The number of carboxylic acids is 1. The van der Waals surface area contributed by atoms with Crippen LogP contribution in [0.15, 0.2) is 36.4 Å². The SMILES string of the molecule is COc1ccc(CC(=O)O)cc1Oc1ccc(NC(=O)C2CC2)cc1CSCC(F)(F)F. The zero-order chi connectivity index (χ0) is 23.3. The van der Waals surface area contributed by atoms with Gasteiger partial charge in [-0.1, -0.05) is 6.07 Å². The Labute approximate surface area is 187 Å². The van der Waals surface area contributed by atoms with Gasteiger partial charge >= 0.3 is 12.1 Å². The summed E-state index contributed by atoms with van der Waals surface area (Å²) in [5.74, 6) is -1.30. The molecule has 2 aromatic rings. The first-order chi connectivity index (χ1) is 15.1. The van der Waals surface area contributed by atoms with Gasteiger partial charge < -0.3 is 19.9 Å². The fourth-order valence-corrected chi connectivity index (χ4v) is 3.72. The van der Waals surface area contributed by atoms with Crippen LogP contribution in [0.2, 0.25) is 0 Å². The number of carbonyl (C=O) groups excluding carboxylic acids is 1. The van der Waals surface area contributed by atoms with Crippen molar-refractivity contribution >= 4 is 29.3 Å². The summed E-state index contributed by atoms with van der Waals surface area (Å²) in [7, 11) is 1.43. The van der Waals surface area contributed by atoms with Crippen molar-refractivity contribution in [3.05, 3.63) is 47.5 Å². The number of alkyl halides is 3. The Hall–Kier alpha value is -2.88. The molecule has 1 fully saturated rings. The number of aliphatic carboxylic acids is 1. The van der Waals surface area contributed by atoms with Gasteiger partial charge in [-0.15, -0.1) is 11.8 Å². The van der Waals surface area contributed by atoms with Crippen LogP contribution in [0.1, 0.15) is 24.0 Å². The minimum Gasteiger partial charge on any atom is -0.493 e. The number of hydrogen-bond acceptors (Lipinski definition) is 5. The average Bonchev–Trinajstić information content (AvgIpc) is 3.54. The number of halogens is 3. The van der Waals surface area contributed by atoms with E-state index in [0.717, 1.165) is 12.8 Å². The molecule has 0 unspecified atom stereocenters. The Kier molecular flexibility index (Phi) is 7.55. The van der Waals surface area contributed by atoms with E-state index in [1.54, 1.807) is 30.3 Å². The van der Waals surface area contributed by atoms with Crippen LogP contribution < -0.4 is 14.8 Å². The van der Waals surface area contributed by atoms with Gasteiger partial charge in [-0.05, 0) is 48.7 Å². The molecule has 1 aliphatic rings. The molecule has 1 aliphatic carbocycles. The number of carboxylic acid groups (broad SMARTS) is 1. The molecule has 0 bridgehead atoms. The second-order valence-corrected chi connectivity index (χ2v) is 8.34. The van der Waals surface area contributed by atoms with E-state index in [1.807, 2.05) is 0 Å². The maximum absolute atomic E-state index is 12.6. The minimum absolute atomic E-state index is 0.000878. The minimum atomic E-state index is -4.31. The standard InChI is InChI=1S/C22H22F3NO5S/c1-30-18-6-2-13(9-20(27)28)8-19(18)31-17-7-5-16(26-21(29)14-3-4-14)10-15(17)11-32-12-22(23,24)25/h2,5-8,10,14H,3-4,9,11-12H2,1H3,(H,26,29)(H,27,28). The highest BCUT2D eigenvalue weighted by atomic mass is 32.2. The number of carbonyl (C=O) groups is 2. The number of hydrogen-bond donors (Lipinski definition) is 2. The first kappa shape index (κ1) is 23.8. The number of benzene rings is 2. The Morgan fingerprint density at radius 2 is 1.84 bits per heavy atom. The van der Waals surface area contributed by atoms with Crippen LogP contribution in [0.25, 0.3) is 0 Å². The molecule has 1 amide bonds. The van der Waals surface area contributed by atoms with Gasteiger partial charge in [0, 0.05) is 22.9 Å². The fourth-order valence-electron chi connectivity index (χ4n) is 2.94. The molecule has 0 radical (unpaired) electrons. The van der Waals surface area contributed by atoms with Crippen LogP contribution in [0.3, 0.4) is 0 Å². The third kappa shape index (κ3) is 7.08. The normalized spacial score (nSPS) is 13.5. The molecule has 0 aromatic heterocycles. The molecular formula is C22H22F3NO5S. The number of nitrogens with one attached hydrogen (secondary N) is 1. The average molecular weight is 469 g/mol. The van der Waals surface area contributed by atoms with E-state index in [0.29, 0.717) is 34.3 Å². The highest BCUT2D eigenvalue weighted by molar-refractivity contribution is 7.98. The summed E-state index contributed by atoms with van der Waals surface area (Å²) in [6.07, 6.45) is -2.87. The van der Waals surface area contributed by atoms with Gasteiger partial charge in [-0.3, -0.25) is 9.59 Å². The lowest BCUT2D eigenvalue weighted by Gasteiger charge is -2.16. The van der Waals surface area contributed by atoms with Gasteiger partial charge in [0.15, 0.2) is 11.5 Å². The third-order valence-electron chi connectivity index (χ3n) is 4.60. The fraction of sp³-hybridized carbons (Fsp3) is 0.364. The summed E-state index contributed by atoms with van der Waals surface area (Å²) in [4.78, 5) is 23.1. The molecular weight excluding hydrogens is 447 g/mol. The summed E-state index contributed by atoms with van der Waals surface area (Å²) in [6.45, 7) is 0. The number of amides is 1. The monoisotopic (exact) mass is 469 g/mol. The quantitative estimate of drug-likeness (QED) is 0.494. The van der Waals surface area contributed by atoms with Crippen molar-refractivity contribution in [3.8, 4) is 17.2 Å². The van der Waals surface area contributed by atoms with Crippen molar-refractivity contribution in [1.29, 1.82) is 0 Å². The number of rotatable bonds is 10. The smallest absolute Gasteiger partial charge is 0.397 e. The lowest BCUT2D eigenvalue weighted by Crippen LogP contribution is -2.13. The lowest BCUT2D eigenvalue weighted by molar-refractivity contribution is -0.136. The predicted octanol–water partition coefficient (Wildman–Crippen LogP) is 5.26. The first-order valence-corrected chi connectivity index (χ1v) is 10.9. The molecule has 6 nitrogen and oxygen atoms in total. The van der Waals surface area contributed by atoms with E-state index in [-0.39, 0.29) is 35.5 Å². The number of methoxy groups -OCH3 is 1. The summed E-state index contributed by atoms with van der Waals surface area (Å²) in [5.41, 5.74) is 1.41. The third-order valence-corrected chi connectivity index (χ3v) is 5.65. The molecule has 1 saturated carbocycles. The van der Waals surface area contributed by atoms with Gasteiger partial charge in [0.05, 0.1) is 19.3 Å². The molecule has 0 aliphatic heterocycles. The van der Waals surface area contributed by atoms with Gasteiger partial charge in [0.25, 0.3) is 0 Å². The van der Waals surface area contributed by atoms with Gasteiger partial charge in [0.1, 0.15) is 5.75 Å². The Morgan fingerprint density at radius 3 is 2.47 bits per heavy atom. The van der Waals surface area contributed by atoms with E-state index in [2.05, 4.69) is 5.32 Å². The highest BCUT2D eigenvalue weighted by Crippen LogP contribution is 2.37. The second kappa shape index (κ2) is 10.2. The van der Waals surface area contributed by atoms with Crippen LogP contribution in [0.5, 0.6) is 17.2 Å². The van der Waals surface area contributed by atoms with Crippen LogP contribution in [-0.4, -0.2) is 36.0 Å². The highest BCUT2D eigenvalue weighted by Gasteiger charge is 2.30. The van der Waals surface area contributed by atoms with E-state index in [4.69, 9.17) is 14.6 Å². The molecule has 0 saturated heterocycles. The largest absolute Gasteiger partial charge is 0.493 e. The van der Waals surface area contributed by atoms with E-state index < -0.39 is 17.9 Å². The van der Waals surface area contributed by atoms with Gasteiger partial charge in [-0.2, -0.15) is 13.2 Å². The lowest BCUT2D eigenvalue weighted by atomic mass is 10.1. The molecule has 172 valence electrons. The van der Waals surface area contributed by atoms with E-state index >= 15 is 0 Å². The van der Waals surface area contributed by atoms with Gasteiger partial charge in [0.2, 0.25) is 5.91 Å². The summed E-state index contributed by atoms with van der Waals surface area (Å²) >= 11 is 0.679. The maximum atomic E-state index is 12.6. The van der Waals surface area contributed by atoms with Crippen LogP contribution in [0, 0.1) is 5.92 Å². The summed E-state index contributed by atoms with van der Waals surface area (Å²) < 4.78 is 49.1. The van der Waals surface area contributed by atoms with Gasteiger partial charge in [-0.25, -0.2) is 0 Å².